The maximum Gasteiger partial charge on any atom is 0.150 e. The highest BCUT2D eigenvalue weighted by molar-refractivity contribution is 9.10. The molecular weight excluding hydrogens is 304 g/mol. The predicted octanol–water partition coefficient (Wildman–Crippen LogP) is 3.74. The third-order valence-corrected chi connectivity index (χ3v) is 2.64. The van der Waals surface area contributed by atoms with E-state index in [0.29, 0.717) is 4.47 Å². The van der Waals surface area contributed by atoms with Crippen molar-refractivity contribution in [2.45, 2.75) is 0 Å². The van der Waals surface area contributed by atoms with E-state index >= 15 is 0 Å². The van der Waals surface area contributed by atoms with Gasteiger partial charge < -0.3 is 5.32 Å². The molecule has 1 N–H and O–H groups in total. The molecule has 1 aromatic carbocycles. The molecule has 0 aliphatic rings. The molecule has 1 heterocycles. The van der Waals surface area contributed by atoms with Gasteiger partial charge in [-0.25, -0.2) is 13.8 Å². The zero-order chi connectivity index (χ0) is 13.1. The van der Waals surface area contributed by atoms with Crippen LogP contribution in [0.25, 0.3) is 0 Å². The average molecular weight is 310 g/mol. The standard InChI is InChI=1S/C12H6BrF2N3/c13-8-4-9(14)11(10(15)5-8)18-12-7(6-16)2-1-3-17-12/h1-5H,(H,17,18). The first-order chi connectivity index (χ1) is 8.61. The van der Waals surface area contributed by atoms with Gasteiger partial charge >= 0.3 is 0 Å². The quantitative estimate of drug-likeness (QED) is 0.919. The van der Waals surface area contributed by atoms with E-state index in [9.17, 15) is 8.78 Å². The highest BCUT2D eigenvalue weighted by atomic mass is 79.9. The first-order valence-electron chi connectivity index (χ1n) is 4.88. The molecule has 0 bridgehead atoms. The lowest BCUT2D eigenvalue weighted by Gasteiger charge is -2.09. The van der Waals surface area contributed by atoms with E-state index in [-0.39, 0.29) is 17.1 Å². The molecule has 0 saturated heterocycles. The van der Waals surface area contributed by atoms with Crippen LogP contribution in [0.5, 0.6) is 0 Å². The second-order valence-electron chi connectivity index (χ2n) is 3.38. The first kappa shape index (κ1) is 12.5. The summed E-state index contributed by atoms with van der Waals surface area (Å²) in [6.45, 7) is 0. The van der Waals surface area contributed by atoms with Crippen LogP contribution >= 0.6 is 15.9 Å². The molecular formula is C12H6BrF2N3. The van der Waals surface area contributed by atoms with Crippen molar-refractivity contribution in [1.82, 2.24) is 4.98 Å². The molecule has 0 amide bonds. The minimum atomic E-state index is -0.767. The number of benzene rings is 1. The van der Waals surface area contributed by atoms with Gasteiger partial charge in [0.15, 0.2) is 11.6 Å². The van der Waals surface area contributed by atoms with E-state index in [1.807, 2.05) is 6.07 Å². The summed E-state index contributed by atoms with van der Waals surface area (Å²) < 4.78 is 27.5. The van der Waals surface area contributed by atoms with Crippen LogP contribution in [0.2, 0.25) is 0 Å². The van der Waals surface area contributed by atoms with Gasteiger partial charge in [0.1, 0.15) is 17.6 Å². The first-order valence-corrected chi connectivity index (χ1v) is 5.68. The summed E-state index contributed by atoms with van der Waals surface area (Å²) in [5.41, 5.74) is -0.132. The van der Waals surface area contributed by atoms with Crippen molar-refractivity contribution in [2.24, 2.45) is 0 Å². The van der Waals surface area contributed by atoms with Crippen molar-refractivity contribution in [3.63, 3.8) is 0 Å². The van der Waals surface area contributed by atoms with Crippen LogP contribution < -0.4 is 5.32 Å². The van der Waals surface area contributed by atoms with Crippen LogP contribution in [0.3, 0.4) is 0 Å². The molecule has 1 aromatic heterocycles. The Morgan fingerprint density at radius 2 is 1.94 bits per heavy atom. The van der Waals surface area contributed by atoms with E-state index in [1.54, 1.807) is 6.07 Å². The number of aromatic nitrogens is 1. The number of pyridine rings is 1. The smallest absolute Gasteiger partial charge is 0.150 e. The summed E-state index contributed by atoms with van der Waals surface area (Å²) in [4.78, 5) is 3.87. The van der Waals surface area contributed by atoms with Crippen LogP contribution in [0.15, 0.2) is 34.9 Å². The second kappa shape index (κ2) is 5.10. The fourth-order valence-electron chi connectivity index (χ4n) is 1.38. The number of anilines is 2. The zero-order valence-corrected chi connectivity index (χ0v) is 10.5. The third-order valence-electron chi connectivity index (χ3n) is 2.18. The highest BCUT2D eigenvalue weighted by Crippen LogP contribution is 2.27. The van der Waals surface area contributed by atoms with E-state index in [1.165, 1.54) is 12.3 Å². The number of nitriles is 1. The van der Waals surface area contributed by atoms with Crippen molar-refractivity contribution in [3.8, 4) is 6.07 Å². The fourth-order valence-corrected chi connectivity index (χ4v) is 1.78. The average Bonchev–Trinajstić information content (AvgIpc) is 2.34. The normalized spacial score (nSPS) is 9.89. The van der Waals surface area contributed by atoms with Gasteiger partial charge in [-0.2, -0.15) is 5.26 Å². The molecule has 0 saturated carbocycles. The number of halogens is 3. The summed E-state index contributed by atoms with van der Waals surface area (Å²) in [6, 6.07) is 7.21. The Morgan fingerprint density at radius 3 is 2.56 bits per heavy atom. The highest BCUT2D eigenvalue weighted by Gasteiger charge is 2.12. The maximum atomic E-state index is 13.6. The largest absolute Gasteiger partial charge is 0.334 e. The topological polar surface area (TPSA) is 48.7 Å². The Labute approximate surface area is 110 Å². The van der Waals surface area contributed by atoms with Gasteiger partial charge in [0, 0.05) is 10.7 Å². The molecule has 0 spiro atoms. The maximum absolute atomic E-state index is 13.6. The van der Waals surface area contributed by atoms with Crippen molar-refractivity contribution in [3.05, 3.63) is 52.1 Å². The zero-order valence-electron chi connectivity index (χ0n) is 8.92. The minimum Gasteiger partial charge on any atom is -0.334 e. The number of nitrogens with zero attached hydrogens (tertiary/aromatic N) is 2. The molecule has 0 radical (unpaired) electrons. The van der Waals surface area contributed by atoms with Gasteiger partial charge in [0.05, 0.1) is 5.56 Å². The van der Waals surface area contributed by atoms with Crippen LogP contribution in [-0.2, 0) is 0 Å². The number of rotatable bonds is 2. The lowest BCUT2D eigenvalue weighted by molar-refractivity contribution is 0.589. The minimum absolute atomic E-state index is 0.111. The third kappa shape index (κ3) is 2.46. The van der Waals surface area contributed by atoms with Crippen LogP contribution in [0.1, 0.15) is 5.56 Å². The van der Waals surface area contributed by atoms with Crippen molar-refractivity contribution in [2.75, 3.05) is 5.32 Å². The van der Waals surface area contributed by atoms with E-state index in [0.717, 1.165) is 12.1 Å². The molecule has 0 fully saturated rings. The number of hydrogen-bond donors (Lipinski definition) is 1. The molecule has 90 valence electrons. The molecule has 0 atom stereocenters. The Kier molecular flexibility index (Phi) is 3.53. The van der Waals surface area contributed by atoms with Gasteiger partial charge in [0.25, 0.3) is 0 Å². The second-order valence-corrected chi connectivity index (χ2v) is 4.30. The summed E-state index contributed by atoms with van der Waals surface area (Å²) in [6.07, 6.45) is 1.43. The van der Waals surface area contributed by atoms with Crippen LogP contribution in [0.4, 0.5) is 20.3 Å². The predicted molar refractivity (Wildman–Crippen MR) is 66.3 cm³/mol. The van der Waals surface area contributed by atoms with Crippen molar-refractivity contribution < 1.29 is 8.78 Å². The monoisotopic (exact) mass is 309 g/mol. The lowest BCUT2D eigenvalue weighted by Crippen LogP contribution is -2.01. The summed E-state index contributed by atoms with van der Waals surface area (Å²) in [5.74, 6) is -1.42. The molecule has 18 heavy (non-hydrogen) atoms. The number of hydrogen-bond acceptors (Lipinski definition) is 3. The van der Waals surface area contributed by atoms with Crippen molar-refractivity contribution in [1.29, 1.82) is 5.26 Å². The lowest BCUT2D eigenvalue weighted by atomic mass is 10.2. The van der Waals surface area contributed by atoms with Crippen molar-refractivity contribution >= 4 is 27.4 Å². The molecule has 0 unspecified atom stereocenters. The molecule has 6 heteroatoms. The fraction of sp³-hybridized carbons (Fsp3) is 0. The van der Waals surface area contributed by atoms with Gasteiger partial charge in [-0.1, -0.05) is 15.9 Å². The molecule has 0 aliphatic heterocycles. The van der Waals surface area contributed by atoms with E-state index in [2.05, 4.69) is 26.2 Å². The summed E-state index contributed by atoms with van der Waals surface area (Å²) >= 11 is 2.98. The van der Waals surface area contributed by atoms with E-state index < -0.39 is 11.6 Å². The Hall–Kier alpha value is -2.00. The molecule has 2 aromatic rings. The Balaban J connectivity index is 2.44. The van der Waals surface area contributed by atoms with Gasteiger partial charge in [-0.3, -0.25) is 0 Å². The van der Waals surface area contributed by atoms with Crippen LogP contribution in [0, 0.1) is 23.0 Å². The Bertz CT molecular complexity index is 614. The SMILES string of the molecule is N#Cc1cccnc1Nc1c(F)cc(Br)cc1F. The summed E-state index contributed by atoms with van der Waals surface area (Å²) in [5, 5.41) is 11.3. The summed E-state index contributed by atoms with van der Waals surface area (Å²) in [7, 11) is 0. The van der Waals surface area contributed by atoms with Gasteiger partial charge in [-0.05, 0) is 24.3 Å². The van der Waals surface area contributed by atoms with Crippen LogP contribution in [-0.4, -0.2) is 4.98 Å². The van der Waals surface area contributed by atoms with E-state index in [4.69, 9.17) is 5.26 Å². The van der Waals surface area contributed by atoms with Gasteiger partial charge in [0.2, 0.25) is 0 Å². The molecule has 0 aliphatic carbocycles. The molecule has 2 rings (SSSR count). The Morgan fingerprint density at radius 1 is 1.28 bits per heavy atom. The molecule has 3 nitrogen and oxygen atoms in total. The number of nitrogens with one attached hydrogen (secondary N) is 1. The van der Waals surface area contributed by atoms with Gasteiger partial charge in [-0.15, -0.1) is 0 Å².